The van der Waals surface area contributed by atoms with E-state index < -0.39 is 27.5 Å². The predicted molar refractivity (Wildman–Crippen MR) is 86.8 cm³/mol. The second-order valence-electron chi connectivity index (χ2n) is 5.61. The highest BCUT2D eigenvalue weighted by atomic mass is 32.2. The summed E-state index contributed by atoms with van der Waals surface area (Å²) in [6, 6.07) is 10.3. The molecule has 2 aromatic carbocycles. The van der Waals surface area contributed by atoms with E-state index in [9.17, 15) is 26.4 Å². The van der Waals surface area contributed by atoms with E-state index in [0.29, 0.717) is 0 Å². The highest BCUT2D eigenvalue weighted by molar-refractivity contribution is 7.90. The molecule has 0 aromatic heterocycles. The van der Waals surface area contributed by atoms with Gasteiger partial charge in [-0.1, -0.05) is 18.2 Å². The summed E-state index contributed by atoms with van der Waals surface area (Å²) in [6.45, 7) is -0.220. The summed E-state index contributed by atoms with van der Waals surface area (Å²) in [4.78, 5) is 13.6. The van der Waals surface area contributed by atoms with Crippen molar-refractivity contribution >= 4 is 15.7 Å². The lowest BCUT2D eigenvalue weighted by atomic mass is 10.1. The van der Waals surface area contributed by atoms with Gasteiger partial charge in [0.15, 0.2) is 9.84 Å². The number of amides is 1. The Labute approximate surface area is 143 Å². The molecule has 134 valence electrons. The number of alkyl halides is 3. The molecule has 0 bridgehead atoms. The van der Waals surface area contributed by atoms with E-state index in [1.165, 1.54) is 49.5 Å². The monoisotopic (exact) mass is 371 g/mol. The molecule has 25 heavy (non-hydrogen) atoms. The van der Waals surface area contributed by atoms with Crippen molar-refractivity contribution in [3.8, 4) is 0 Å². The van der Waals surface area contributed by atoms with Gasteiger partial charge in [0.05, 0.1) is 10.5 Å². The number of carbonyl (C=O) groups is 1. The first kappa shape index (κ1) is 19.0. The van der Waals surface area contributed by atoms with Crippen LogP contribution in [0.5, 0.6) is 0 Å². The fraction of sp³-hybridized carbons (Fsp3) is 0.235. The summed E-state index contributed by atoms with van der Waals surface area (Å²) in [5, 5.41) is 0. The van der Waals surface area contributed by atoms with Crippen molar-refractivity contribution in [3.63, 3.8) is 0 Å². The topological polar surface area (TPSA) is 54.5 Å². The molecule has 0 fully saturated rings. The lowest BCUT2D eigenvalue weighted by Gasteiger charge is -2.20. The molecule has 0 aliphatic carbocycles. The number of halogens is 3. The summed E-state index contributed by atoms with van der Waals surface area (Å²) in [7, 11) is -2.00. The van der Waals surface area contributed by atoms with Crippen LogP contribution in [-0.2, 0) is 22.6 Å². The van der Waals surface area contributed by atoms with Crippen LogP contribution in [0.25, 0.3) is 0 Å². The van der Waals surface area contributed by atoms with Gasteiger partial charge in [-0.2, -0.15) is 13.2 Å². The summed E-state index contributed by atoms with van der Waals surface area (Å²) < 4.78 is 61.9. The zero-order chi connectivity index (χ0) is 18.8. The third-order valence-corrected chi connectivity index (χ3v) is 4.73. The smallest absolute Gasteiger partial charge is 0.337 e. The van der Waals surface area contributed by atoms with Crippen LogP contribution in [0.3, 0.4) is 0 Å². The van der Waals surface area contributed by atoms with Gasteiger partial charge in [-0.25, -0.2) is 8.42 Å². The Bertz CT molecular complexity index is 875. The summed E-state index contributed by atoms with van der Waals surface area (Å²) in [5.74, 6) is -0.503. The van der Waals surface area contributed by atoms with Crippen LogP contribution in [-0.4, -0.2) is 32.5 Å². The zero-order valence-corrected chi connectivity index (χ0v) is 14.4. The van der Waals surface area contributed by atoms with Crippen molar-refractivity contribution in [2.24, 2.45) is 0 Å². The minimum absolute atomic E-state index is 0.0152. The third-order valence-electron chi connectivity index (χ3n) is 3.61. The van der Waals surface area contributed by atoms with Gasteiger partial charge in [0.25, 0.3) is 5.91 Å². The molecule has 0 unspecified atom stereocenters. The van der Waals surface area contributed by atoms with E-state index in [1.807, 2.05) is 0 Å². The standard InChI is InChI=1S/C17H16F3NO3S/c1-21(11-13-5-3-4-6-15(13)17(18,19)20)16(22)12-7-9-14(10-8-12)25(2,23)24/h3-10H,11H2,1-2H3. The molecule has 2 aromatic rings. The van der Waals surface area contributed by atoms with Crippen LogP contribution in [0.15, 0.2) is 53.4 Å². The average molecular weight is 371 g/mol. The van der Waals surface area contributed by atoms with Crippen molar-refractivity contribution in [1.82, 2.24) is 4.90 Å². The summed E-state index contributed by atoms with van der Waals surface area (Å²) in [5.41, 5.74) is -0.611. The number of sulfone groups is 1. The Balaban J connectivity index is 2.22. The maximum atomic E-state index is 13.0. The Hall–Kier alpha value is -2.35. The number of hydrogen-bond acceptors (Lipinski definition) is 3. The van der Waals surface area contributed by atoms with Crippen LogP contribution in [0.1, 0.15) is 21.5 Å². The van der Waals surface area contributed by atoms with Crippen LogP contribution in [0.2, 0.25) is 0 Å². The molecular weight excluding hydrogens is 355 g/mol. The molecular formula is C17H16F3NO3S. The highest BCUT2D eigenvalue weighted by Gasteiger charge is 2.33. The van der Waals surface area contributed by atoms with E-state index >= 15 is 0 Å². The van der Waals surface area contributed by atoms with E-state index in [4.69, 9.17) is 0 Å². The normalized spacial score (nSPS) is 12.0. The van der Waals surface area contributed by atoms with Crippen molar-refractivity contribution in [2.45, 2.75) is 17.6 Å². The van der Waals surface area contributed by atoms with Gasteiger partial charge in [0, 0.05) is 25.4 Å². The molecule has 0 saturated carbocycles. The molecule has 0 radical (unpaired) electrons. The Morgan fingerprint density at radius 1 is 1.04 bits per heavy atom. The quantitative estimate of drug-likeness (QED) is 0.828. The minimum atomic E-state index is -4.50. The number of rotatable bonds is 4. The molecule has 0 heterocycles. The van der Waals surface area contributed by atoms with E-state index in [-0.39, 0.29) is 22.6 Å². The molecule has 4 nitrogen and oxygen atoms in total. The molecule has 0 aliphatic rings. The summed E-state index contributed by atoms with van der Waals surface area (Å²) in [6.07, 6.45) is -3.46. The lowest BCUT2D eigenvalue weighted by Crippen LogP contribution is -2.27. The predicted octanol–water partition coefficient (Wildman–Crippen LogP) is 3.38. The van der Waals surface area contributed by atoms with Crippen molar-refractivity contribution < 1.29 is 26.4 Å². The van der Waals surface area contributed by atoms with Crippen LogP contribution in [0.4, 0.5) is 13.2 Å². The summed E-state index contributed by atoms with van der Waals surface area (Å²) >= 11 is 0. The SMILES string of the molecule is CN(Cc1ccccc1C(F)(F)F)C(=O)c1ccc(S(C)(=O)=O)cc1. The van der Waals surface area contributed by atoms with Crippen molar-refractivity contribution in [2.75, 3.05) is 13.3 Å². The van der Waals surface area contributed by atoms with Crippen LogP contribution < -0.4 is 0 Å². The molecule has 0 saturated heterocycles. The number of hydrogen-bond donors (Lipinski definition) is 0. The molecule has 0 atom stereocenters. The lowest BCUT2D eigenvalue weighted by molar-refractivity contribution is -0.138. The fourth-order valence-electron chi connectivity index (χ4n) is 2.33. The first-order chi connectivity index (χ1) is 11.5. The van der Waals surface area contributed by atoms with E-state index in [1.54, 1.807) is 0 Å². The molecule has 0 N–H and O–H groups in total. The Morgan fingerprint density at radius 2 is 1.60 bits per heavy atom. The Kier molecular flexibility index (Phi) is 5.22. The first-order valence-corrected chi connectivity index (χ1v) is 9.10. The molecule has 0 spiro atoms. The fourth-order valence-corrected chi connectivity index (χ4v) is 2.96. The number of carbonyl (C=O) groups excluding carboxylic acids is 1. The van der Waals surface area contributed by atoms with Gasteiger partial charge in [0.2, 0.25) is 0 Å². The Morgan fingerprint density at radius 3 is 2.12 bits per heavy atom. The largest absolute Gasteiger partial charge is 0.416 e. The van der Waals surface area contributed by atoms with Gasteiger partial charge in [-0.05, 0) is 35.9 Å². The van der Waals surface area contributed by atoms with Crippen molar-refractivity contribution in [1.29, 1.82) is 0 Å². The van der Waals surface area contributed by atoms with Gasteiger partial charge in [-0.3, -0.25) is 4.79 Å². The molecule has 8 heteroatoms. The van der Waals surface area contributed by atoms with Crippen LogP contribution >= 0.6 is 0 Å². The van der Waals surface area contributed by atoms with Crippen molar-refractivity contribution in [3.05, 3.63) is 65.2 Å². The highest BCUT2D eigenvalue weighted by Crippen LogP contribution is 2.32. The molecule has 1 amide bonds. The molecule has 0 aliphatic heterocycles. The van der Waals surface area contributed by atoms with Gasteiger partial charge >= 0.3 is 6.18 Å². The maximum absolute atomic E-state index is 13.0. The number of benzene rings is 2. The number of nitrogens with zero attached hydrogens (tertiary/aromatic N) is 1. The van der Waals surface area contributed by atoms with Gasteiger partial charge in [-0.15, -0.1) is 0 Å². The molecule has 2 rings (SSSR count). The van der Waals surface area contributed by atoms with E-state index in [2.05, 4.69) is 0 Å². The minimum Gasteiger partial charge on any atom is -0.337 e. The second kappa shape index (κ2) is 6.87. The van der Waals surface area contributed by atoms with Gasteiger partial charge < -0.3 is 4.90 Å². The van der Waals surface area contributed by atoms with E-state index in [0.717, 1.165) is 17.2 Å². The first-order valence-electron chi connectivity index (χ1n) is 7.21. The zero-order valence-electron chi connectivity index (χ0n) is 13.5. The van der Waals surface area contributed by atoms with Gasteiger partial charge in [0.1, 0.15) is 0 Å². The maximum Gasteiger partial charge on any atom is 0.416 e. The third kappa shape index (κ3) is 4.60. The van der Waals surface area contributed by atoms with Crippen LogP contribution in [0, 0.1) is 0 Å². The second-order valence-corrected chi connectivity index (χ2v) is 7.63. The average Bonchev–Trinajstić information content (AvgIpc) is 2.53.